The monoisotopic (exact) mass is 245 g/mol. The predicted molar refractivity (Wildman–Crippen MR) is 49.1 cm³/mol. The number of nitrogens with zero attached hydrogens (tertiary/aromatic N) is 1. The fraction of sp³-hybridized carbons (Fsp3) is 0.200. The van der Waals surface area contributed by atoms with Crippen LogP contribution in [0.4, 0.5) is 13.2 Å². The quantitative estimate of drug-likeness (QED) is 0.879. The summed E-state index contributed by atoms with van der Waals surface area (Å²) >= 11 is 0. The molecule has 0 spiro atoms. The Morgan fingerprint density at radius 2 is 2.18 bits per heavy atom. The zero-order valence-electron chi connectivity index (χ0n) is 8.28. The topological polar surface area (TPSA) is 70.3 Å². The van der Waals surface area contributed by atoms with E-state index in [1.807, 2.05) is 0 Å². The van der Waals surface area contributed by atoms with Gasteiger partial charge in [0.2, 0.25) is 0 Å². The van der Waals surface area contributed by atoms with Crippen molar-refractivity contribution in [3.63, 3.8) is 0 Å². The average Bonchev–Trinajstić information content (AvgIpc) is 2.20. The SMILES string of the molecule is N#Cc1cc(OC(F)F)c(CC(=O)O)cc1F. The molecule has 0 amide bonds. The number of rotatable bonds is 4. The Kier molecular flexibility index (Phi) is 3.93. The van der Waals surface area contributed by atoms with E-state index in [0.717, 1.165) is 6.07 Å². The lowest BCUT2D eigenvalue weighted by atomic mass is 10.1. The summed E-state index contributed by atoms with van der Waals surface area (Å²) in [6.07, 6.45) is -0.676. The number of carboxylic acids is 1. The maximum absolute atomic E-state index is 13.2. The molecule has 1 aromatic rings. The van der Waals surface area contributed by atoms with Crippen LogP contribution in [0.3, 0.4) is 0 Å². The third kappa shape index (κ3) is 3.38. The number of halogens is 3. The van der Waals surface area contributed by atoms with Gasteiger partial charge in [0, 0.05) is 11.6 Å². The summed E-state index contributed by atoms with van der Waals surface area (Å²) in [6.45, 7) is -3.18. The van der Waals surface area contributed by atoms with Gasteiger partial charge in [-0.15, -0.1) is 0 Å². The lowest BCUT2D eigenvalue weighted by molar-refractivity contribution is -0.136. The maximum Gasteiger partial charge on any atom is 0.387 e. The normalized spacial score (nSPS) is 10.1. The van der Waals surface area contributed by atoms with Gasteiger partial charge in [-0.05, 0) is 6.07 Å². The number of alkyl halides is 2. The molecule has 0 heterocycles. The van der Waals surface area contributed by atoms with E-state index in [0.29, 0.717) is 6.07 Å². The lowest BCUT2D eigenvalue weighted by Crippen LogP contribution is -2.08. The highest BCUT2D eigenvalue weighted by Crippen LogP contribution is 2.25. The Labute approximate surface area is 93.8 Å². The minimum Gasteiger partial charge on any atom is -0.481 e. The van der Waals surface area contributed by atoms with Gasteiger partial charge in [0.25, 0.3) is 0 Å². The first-order valence-corrected chi connectivity index (χ1v) is 4.33. The molecule has 1 aromatic carbocycles. The molecule has 17 heavy (non-hydrogen) atoms. The summed E-state index contributed by atoms with van der Waals surface area (Å²) in [5, 5.41) is 17.0. The van der Waals surface area contributed by atoms with Crippen LogP contribution in [0.2, 0.25) is 0 Å². The summed E-state index contributed by atoms with van der Waals surface area (Å²) in [5.41, 5.74) is -0.746. The third-order valence-electron chi connectivity index (χ3n) is 1.83. The first-order valence-electron chi connectivity index (χ1n) is 4.33. The highest BCUT2D eigenvalue weighted by atomic mass is 19.3. The van der Waals surface area contributed by atoms with Crippen LogP contribution in [-0.4, -0.2) is 17.7 Å². The van der Waals surface area contributed by atoms with Crippen molar-refractivity contribution in [3.8, 4) is 11.8 Å². The van der Waals surface area contributed by atoms with E-state index in [4.69, 9.17) is 10.4 Å². The highest BCUT2D eigenvalue weighted by molar-refractivity contribution is 5.71. The summed E-state index contributed by atoms with van der Waals surface area (Å²) in [6, 6.07) is 2.89. The summed E-state index contributed by atoms with van der Waals surface area (Å²) in [7, 11) is 0. The van der Waals surface area contributed by atoms with Crippen LogP contribution in [0.5, 0.6) is 5.75 Å². The van der Waals surface area contributed by atoms with Gasteiger partial charge in [0.15, 0.2) is 0 Å². The van der Waals surface area contributed by atoms with Gasteiger partial charge in [-0.3, -0.25) is 4.79 Å². The molecule has 0 aromatic heterocycles. The van der Waals surface area contributed by atoms with Crippen LogP contribution in [0.25, 0.3) is 0 Å². The molecule has 0 saturated carbocycles. The van der Waals surface area contributed by atoms with Crippen LogP contribution in [-0.2, 0) is 11.2 Å². The number of benzene rings is 1. The van der Waals surface area contributed by atoms with Gasteiger partial charge >= 0.3 is 12.6 Å². The van der Waals surface area contributed by atoms with Gasteiger partial charge in [0.05, 0.1) is 12.0 Å². The van der Waals surface area contributed by atoms with E-state index >= 15 is 0 Å². The molecule has 0 aliphatic carbocycles. The number of ether oxygens (including phenoxy) is 1. The minimum atomic E-state index is -3.18. The van der Waals surface area contributed by atoms with Crippen molar-refractivity contribution in [2.45, 2.75) is 13.0 Å². The average molecular weight is 245 g/mol. The fourth-order valence-electron chi connectivity index (χ4n) is 1.19. The summed E-state index contributed by atoms with van der Waals surface area (Å²) < 4.78 is 41.2. The lowest BCUT2D eigenvalue weighted by Gasteiger charge is -2.10. The van der Waals surface area contributed by atoms with Crippen molar-refractivity contribution in [2.24, 2.45) is 0 Å². The van der Waals surface area contributed by atoms with E-state index in [1.54, 1.807) is 0 Å². The standard InChI is InChI=1S/C10H6F3NO3/c11-7-1-5(3-9(15)16)8(17-10(12)13)2-6(7)4-14/h1-2,10H,3H2,(H,15,16). The van der Waals surface area contributed by atoms with Crippen LogP contribution >= 0.6 is 0 Å². The van der Waals surface area contributed by atoms with Crippen molar-refractivity contribution in [1.82, 2.24) is 0 Å². The third-order valence-corrected chi connectivity index (χ3v) is 1.83. The number of hydrogen-bond acceptors (Lipinski definition) is 3. The molecular formula is C10H6F3NO3. The molecule has 0 atom stereocenters. The molecule has 0 bridgehead atoms. The van der Waals surface area contributed by atoms with E-state index in [2.05, 4.69) is 4.74 Å². The van der Waals surface area contributed by atoms with Gasteiger partial charge < -0.3 is 9.84 Å². The molecular weight excluding hydrogens is 239 g/mol. The largest absolute Gasteiger partial charge is 0.481 e. The Hall–Kier alpha value is -2.23. The molecule has 0 fully saturated rings. The smallest absolute Gasteiger partial charge is 0.387 e. The van der Waals surface area contributed by atoms with E-state index < -0.39 is 36.1 Å². The molecule has 4 nitrogen and oxygen atoms in total. The Bertz CT molecular complexity index is 482. The van der Waals surface area contributed by atoms with Crippen molar-refractivity contribution in [1.29, 1.82) is 5.26 Å². The zero-order chi connectivity index (χ0) is 13.0. The highest BCUT2D eigenvalue weighted by Gasteiger charge is 2.16. The second-order valence-corrected chi connectivity index (χ2v) is 3.00. The van der Waals surface area contributed by atoms with Crippen LogP contribution < -0.4 is 4.74 Å². The number of carboxylic acid groups (broad SMARTS) is 1. The van der Waals surface area contributed by atoms with Gasteiger partial charge in [0.1, 0.15) is 17.6 Å². The Morgan fingerprint density at radius 3 is 2.65 bits per heavy atom. The Balaban J connectivity index is 3.21. The predicted octanol–water partition coefficient (Wildman–Crippen LogP) is 1.93. The van der Waals surface area contributed by atoms with Crippen LogP contribution in [0, 0.1) is 17.1 Å². The fourth-order valence-corrected chi connectivity index (χ4v) is 1.19. The second-order valence-electron chi connectivity index (χ2n) is 3.00. The molecule has 7 heteroatoms. The molecule has 0 unspecified atom stereocenters. The van der Waals surface area contributed by atoms with Crippen molar-refractivity contribution in [3.05, 3.63) is 29.1 Å². The van der Waals surface area contributed by atoms with Crippen LogP contribution in [0.1, 0.15) is 11.1 Å². The van der Waals surface area contributed by atoms with E-state index in [1.165, 1.54) is 6.07 Å². The molecule has 90 valence electrons. The molecule has 0 aliphatic rings. The van der Waals surface area contributed by atoms with Gasteiger partial charge in [-0.25, -0.2) is 4.39 Å². The van der Waals surface area contributed by atoms with Gasteiger partial charge in [-0.2, -0.15) is 14.0 Å². The van der Waals surface area contributed by atoms with Crippen molar-refractivity contribution < 1.29 is 27.8 Å². The second kappa shape index (κ2) is 5.21. The van der Waals surface area contributed by atoms with Crippen LogP contribution in [0.15, 0.2) is 12.1 Å². The van der Waals surface area contributed by atoms with E-state index in [-0.39, 0.29) is 5.56 Å². The first kappa shape index (κ1) is 12.8. The number of carbonyl (C=O) groups is 1. The van der Waals surface area contributed by atoms with Crippen molar-refractivity contribution in [2.75, 3.05) is 0 Å². The first-order chi connectivity index (χ1) is 7.93. The number of hydrogen-bond donors (Lipinski definition) is 1. The molecule has 0 saturated heterocycles. The molecule has 0 radical (unpaired) electrons. The number of aliphatic carboxylic acids is 1. The Morgan fingerprint density at radius 1 is 1.53 bits per heavy atom. The zero-order valence-corrected chi connectivity index (χ0v) is 8.28. The minimum absolute atomic E-state index is 0.255. The molecule has 1 rings (SSSR count). The summed E-state index contributed by atoms with van der Waals surface area (Å²) in [4.78, 5) is 10.4. The number of nitriles is 1. The van der Waals surface area contributed by atoms with Crippen molar-refractivity contribution >= 4 is 5.97 Å². The summed E-state index contributed by atoms with van der Waals surface area (Å²) in [5.74, 6) is -2.82. The molecule has 1 N–H and O–H groups in total. The maximum atomic E-state index is 13.2. The molecule has 0 aliphatic heterocycles. The van der Waals surface area contributed by atoms with Gasteiger partial charge in [-0.1, -0.05) is 0 Å². The van der Waals surface area contributed by atoms with E-state index in [9.17, 15) is 18.0 Å².